The fraction of sp³-hybridized carbons (Fsp3) is 0.538. The number of methoxy groups -OCH3 is 1. The highest BCUT2D eigenvalue weighted by Crippen LogP contribution is 2.28. The molecular formula is C13H22O3S. The van der Waals surface area contributed by atoms with Crippen LogP contribution in [0.1, 0.15) is 39.2 Å². The first-order valence-corrected chi connectivity index (χ1v) is 7.63. The van der Waals surface area contributed by atoms with E-state index in [4.69, 9.17) is 4.74 Å². The van der Waals surface area contributed by atoms with Crippen LogP contribution in [0.2, 0.25) is 0 Å². The molecule has 1 rings (SSSR count). The molecule has 0 spiro atoms. The highest BCUT2D eigenvalue weighted by Gasteiger charge is 2.12. The van der Waals surface area contributed by atoms with Crippen molar-refractivity contribution in [3.63, 3.8) is 0 Å². The van der Waals surface area contributed by atoms with E-state index in [-0.39, 0.29) is 0 Å². The molecule has 0 heterocycles. The topological polar surface area (TPSA) is 43.4 Å². The molecule has 4 heteroatoms. The summed E-state index contributed by atoms with van der Waals surface area (Å²) in [6, 6.07) is 5.00. The predicted molar refractivity (Wildman–Crippen MR) is 71.5 cm³/mol. The molecule has 3 nitrogen and oxygen atoms in total. The van der Waals surface area contributed by atoms with Crippen LogP contribution in [0.3, 0.4) is 0 Å². The maximum Gasteiger partial charge on any atom is 0.175 e. The van der Waals surface area contributed by atoms with Gasteiger partial charge in [-0.25, -0.2) is 8.42 Å². The molecule has 0 amide bonds. The third kappa shape index (κ3) is 4.38. The number of rotatable bonds is 3. The molecule has 17 heavy (non-hydrogen) atoms. The molecular weight excluding hydrogens is 236 g/mol. The van der Waals surface area contributed by atoms with Gasteiger partial charge in [0.05, 0.1) is 12.0 Å². The SMILES string of the molecule is CC.COc1cc(S(C)(=O)=O)ccc1C(C)C. The number of hydrogen-bond donors (Lipinski definition) is 0. The average molecular weight is 258 g/mol. The Labute approximate surface area is 105 Å². The van der Waals surface area contributed by atoms with Crippen molar-refractivity contribution in [3.05, 3.63) is 23.8 Å². The van der Waals surface area contributed by atoms with Crippen molar-refractivity contribution in [1.82, 2.24) is 0 Å². The molecule has 0 aliphatic rings. The van der Waals surface area contributed by atoms with Crippen molar-refractivity contribution >= 4 is 9.84 Å². The monoisotopic (exact) mass is 258 g/mol. The van der Waals surface area contributed by atoms with E-state index in [1.165, 1.54) is 6.26 Å². The van der Waals surface area contributed by atoms with Gasteiger partial charge in [0.1, 0.15) is 5.75 Å². The van der Waals surface area contributed by atoms with Crippen LogP contribution in [0.5, 0.6) is 5.75 Å². The summed E-state index contributed by atoms with van der Waals surface area (Å²) < 4.78 is 27.8. The molecule has 0 bridgehead atoms. The highest BCUT2D eigenvalue weighted by molar-refractivity contribution is 7.90. The number of sulfone groups is 1. The molecule has 0 saturated heterocycles. The Hall–Kier alpha value is -1.03. The Morgan fingerprint density at radius 2 is 1.71 bits per heavy atom. The summed E-state index contributed by atoms with van der Waals surface area (Å²) in [6.07, 6.45) is 1.19. The van der Waals surface area contributed by atoms with Gasteiger partial charge in [-0.3, -0.25) is 0 Å². The third-order valence-electron chi connectivity index (χ3n) is 2.26. The number of hydrogen-bond acceptors (Lipinski definition) is 3. The zero-order chi connectivity index (χ0) is 13.6. The standard InChI is InChI=1S/C11H16O3S.C2H6/c1-8(2)10-6-5-9(15(4,12)13)7-11(10)14-3;1-2/h5-8H,1-4H3;1-2H3. The van der Waals surface area contributed by atoms with Crippen LogP contribution in [0.15, 0.2) is 23.1 Å². The van der Waals surface area contributed by atoms with E-state index in [2.05, 4.69) is 0 Å². The van der Waals surface area contributed by atoms with E-state index in [9.17, 15) is 8.42 Å². The lowest BCUT2D eigenvalue weighted by Gasteiger charge is -2.12. The summed E-state index contributed by atoms with van der Waals surface area (Å²) >= 11 is 0. The normalized spacial score (nSPS) is 10.8. The Balaban J connectivity index is 0.00000121. The first-order chi connectivity index (χ1) is 7.86. The van der Waals surface area contributed by atoms with Gasteiger partial charge in [0.25, 0.3) is 0 Å². The van der Waals surface area contributed by atoms with E-state index in [0.29, 0.717) is 16.6 Å². The number of benzene rings is 1. The maximum absolute atomic E-state index is 11.3. The van der Waals surface area contributed by atoms with Crippen molar-refractivity contribution in [2.45, 2.75) is 38.5 Å². The summed E-state index contributed by atoms with van der Waals surface area (Å²) in [7, 11) is -1.61. The van der Waals surface area contributed by atoms with Gasteiger partial charge in [-0.05, 0) is 23.6 Å². The molecule has 98 valence electrons. The Kier molecular flexibility index (Phi) is 6.24. The second-order valence-corrected chi connectivity index (χ2v) is 5.85. The fourth-order valence-electron chi connectivity index (χ4n) is 1.40. The Morgan fingerprint density at radius 3 is 2.06 bits per heavy atom. The van der Waals surface area contributed by atoms with Gasteiger partial charge in [-0.15, -0.1) is 0 Å². The smallest absolute Gasteiger partial charge is 0.175 e. The first-order valence-electron chi connectivity index (χ1n) is 5.74. The van der Waals surface area contributed by atoms with Crippen molar-refractivity contribution in [2.24, 2.45) is 0 Å². The summed E-state index contributed by atoms with van der Waals surface area (Å²) in [5, 5.41) is 0. The second kappa shape index (κ2) is 6.64. The van der Waals surface area contributed by atoms with Crippen LogP contribution < -0.4 is 4.74 Å². The first kappa shape index (κ1) is 16.0. The van der Waals surface area contributed by atoms with Gasteiger partial charge >= 0.3 is 0 Å². The second-order valence-electron chi connectivity index (χ2n) is 3.83. The lowest BCUT2D eigenvalue weighted by Crippen LogP contribution is -2.00. The molecule has 0 aliphatic heterocycles. The number of ether oxygens (including phenoxy) is 1. The van der Waals surface area contributed by atoms with E-state index >= 15 is 0 Å². The minimum atomic E-state index is -3.16. The molecule has 0 N–H and O–H groups in total. The van der Waals surface area contributed by atoms with Gasteiger partial charge < -0.3 is 4.74 Å². The van der Waals surface area contributed by atoms with Crippen LogP contribution in [-0.2, 0) is 9.84 Å². The van der Waals surface area contributed by atoms with E-state index in [0.717, 1.165) is 5.56 Å². The maximum atomic E-state index is 11.3. The van der Waals surface area contributed by atoms with Gasteiger partial charge in [-0.2, -0.15) is 0 Å². The van der Waals surface area contributed by atoms with Crippen LogP contribution in [0, 0.1) is 0 Å². The fourth-order valence-corrected chi connectivity index (χ4v) is 2.04. The lowest BCUT2D eigenvalue weighted by atomic mass is 10.0. The van der Waals surface area contributed by atoms with Crippen LogP contribution in [-0.4, -0.2) is 21.8 Å². The van der Waals surface area contributed by atoms with Crippen LogP contribution >= 0.6 is 0 Å². The molecule has 1 aromatic rings. The minimum Gasteiger partial charge on any atom is -0.496 e. The van der Waals surface area contributed by atoms with Gasteiger partial charge in [-0.1, -0.05) is 33.8 Å². The van der Waals surface area contributed by atoms with Crippen LogP contribution in [0.4, 0.5) is 0 Å². The molecule has 1 aromatic carbocycles. The van der Waals surface area contributed by atoms with Crippen LogP contribution in [0.25, 0.3) is 0 Å². The molecule has 0 radical (unpaired) electrons. The Morgan fingerprint density at radius 1 is 1.18 bits per heavy atom. The van der Waals surface area contributed by atoms with Crippen molar-refractivity contribution in [2.75, 3.05) is 13.4 Å². The molecule has 0 unspecified atom stereocenters. The largest absolute Gasteiger partial charge is 0.496 e. The van der Waals surface area contributed by atoms with Crippen molar-refractivity contribution in [3.8, 4) is 5.75 Å². The highest BCUT2D eigenvalue weighted by atomic mass is 32.2. The molecule has 0 fully saturated rings. The zero-order valence-corrected chi connectivity index (χ0v) is 12.3. The van der Waals surface area contributed by atoms with Crippen molar-refractivity contribution in [1.29, 1.82) is 0 Å². The van der Waals surface area contributed by atoms with Gasteiger partial charge in [0.2, 0.25) is 0 Å². The summed E-state index contributed by atoms with van der Waals surface area (Å²) in [6.45, 7) is 8.08. The summed E-state index contributed by atoms with van der Waals surface area (Å²) in [5.74, 6) is 0.946. The zero-order valence-electron chi connectivity index (χ0n) is 11.4. The lowest BCUT2D eigenvalue weighted by molar-refractivity contribution is 0.406. The Bertz CT molecular complexity index is 448. The van der Waals surface area contributed by atoms with E-state index in [1.807, 2.05) is 27.7 Å². The molecule has 0 atom stereocenters. The van der Waals surface area contributed by atoms with Crippen molar-refractivity contribution < 1.29 is 13.2 Å². The van der Waals surface area contributed by atoms with Gasteiger partial charge in [0.15, 0.2) is 9.84 Å². The van der Waals surface area contributed by atoms with E-state index < -0.39 is 9.84 Å². The molecule has 0 aliphatic carbocycles. The predicted octanol–water partition coefficient (Wildman–Crippen LogP) is 3.25. The minimum absolute atomic E-state index is 0.295. The third-order valence-corrected chi connectivity index (χ3v) is 3.37. The van der Waals surface area contributed by atoms with Gasteiger partial charge in [0, 0.05) is 6.26 Å². The van der Waals surface area contributed by atoms with E-state index in [1.54, 1.807) is 25.3 Å². The quantitative estimate of drug-likeness (QED) is 0.836. The molecule has 0 aromatic heterocycles. The summed E-state index contributed by atoms with van der Waals surface area (Å²) in [5.41, 5.74) is 1.02. The molecule has 0 saturated carbocycles. The summed E-state index contributed by atoms with van der Waals surface area (Å²) in [4.78, 5) is 0.295. The average Bonchev–Trinajstić information content (AvgIpc) is 2.29.